The number of benzene rings is 1. The summed E-state index contributed by atoms with van der Waals surface area (Å²) in [5.41, 5.74) is 0.313. The number of nitrogens with zero attached hydrogens (tertiary/aromatic N) is 2. The maximum Gasteiger partial charge on any atom is 0.407 e. The Labute approximate surface area is 223 Å². The summed E-state index contributed by atoms with van der Waals surface area (Å²) in [5, 5.41) is 26.2. The van der Waals surface area contributed by atoms with Crippen molar-refractivity contribution in [3.05, 3.63) is 35.4 Å². The van der Waals surface area contributed by atoms with Gasteiger partial charge in [-0.15, -0.1) is 0 Å². The number of aliphatic hydroxyl groups excluding tert-OH is 1. The van der Waals surface area contributed by atoms with Crippen molar-refractivity contribution in [1.29, 1.82) is 0 Å². The molecule has 4 N–H and O–H groups in total. The van der Waals surface area contributed by atoms with E-state index in [1.165, 1.54) is 25.6 Å². The lowest BCUT2D eigenvalue weighted by Gasteiger charge is -2.39. The quantitative estimate of drug-likeness (QED) is 0.341. The predicted octanol–water partition coefficient (Wildman–Crippen LogP) is 3.58. The summed E-state index contributed by atoms with van der Waals surface area (Å²) < 4.78 is 34.2. The fraction of sp³-hybridized carbons (Fsp3) is 0.704. The van der Waals surface area contributed by atoms with Gasteiger partial charge in [0.15, 0.2) is 0 Å². The summed E-state index contributed by atoms with van der Waals surface area (Å²) in [6, 6.07) is 2.50. The smallest absolute Gasteiger partial charge is 0.407 e. The Hall–Kier alpha value is -2.50. The van der Waals surface area contributed by atoms with Crippen LogP contribution >= 0.6 is 0 Å². The molecule has 1 aliphatic heterocycles. The normalized spacial score (nSPS) is 21.0. The summed E-state index contributed by atoms with van der Waals surface area (Å²) in [6.45, 7) is 1.37. The number of carbonyl (C=O) groups excluding carboxylic acids is 1. The molecular weight excluding hydrogens is 498 g/mol. The summed E-state index contributed by atoms with van der Waals surface area (Å²) in [5.74, 6) is -1.56. The molecule has 0 aromatic heterocycles. The van der Waals surface area contributed by atoms with Crippen molar-refractivity contribution in [2.24, 2.45) is 11.8 Å². The Kier molecular flexibility index (Phi) is 11.5. The molecule has 1 aromatic carbocycles. The Balaban J connectivity index is 1.70. The Morgan fingerprint density at radius 3 is 2.39 bits per heavy atom. The molecule has 1 heterocycles. The molecule has 1 unspecified atom stereocenters. The monoisotopic (exact) mass is 540 g/mol. The Bertz CT molecular complexity index is 897. The van der Waals surface area contributed by atoms with Gasteiger partial charge in [-0.2, -0.15) is 0 Å². The summed E-state index contributed by atoms with van der Waals surface area (Å²) in [7, 11) is 3.20. The molecule has 2 aliphatic rings. The van der Waals surface area contributed by atoms with E-state index in [9.17, 15) is 23.5 Å². The highest BCUT2D eigenvalue weighted by Gasteiger charge is 2.34. The number of carboxylic acid groups (broad SMARTS) is 1. The van der Waals surface area contributed by atoms with Gasteiger partial charge in [0.2, 0.25) is 0 Å². The van der Waals surface area contributed by atoms with Gasteiger partial charge in [-0.25, -0.2) is 18.4 Å². The van der Waals surface area contributed by atoms with Gasteiger partial charge in [-0.1, -0.05) is 19.3 Å². The SMILES string of the molecule is CNC[C@@H](NC(=O)N1CCC[C@@H](C(OCCN(C)C(=O)O)c2cc(F)cc(F)c2)C1)[C@H](O)C1CCCCC1. The van der Waals surface area contributed by atoms with Crippen LogP contribution in [0.1, 0.15) is 56.6 Å². The highest BCUT2D eigenvalue weighted by Crippen LogP contribution is 2.34. The topological polar surface area (TPSA) is 114 Å². The van der Waals surface area contributed by atoms with Gasteiger partial charge in [-0.3, -0.25) is 0 Å². The number of rotatable bonds is 11. The second kappa shape index (κ2) is 14.6. The third-order valence-electron chi connectivity index (χ3n) is 7.72. The number of likely N-dealkylation sites (N-methyl/N-ethyl adjacent to an activating group) is 2. The predicted molar refractivity (Wildman–Crippen MR) is 139 cm³/mol. The lowest BCUT2D eigenvalue weighted by atomic mass is 9.82. The molecule has 38 heavy (non-hydrogen) atoms. The molecule has 4 atom stereocenters. The first kappa shape index (κ1) is 30.0. The van der Waals surface area contributed by atoms with Crippen molar-refractivity contribution in [2.75, 3.05) is 46.9 Å². The number of hydrogen-bond acceptors (Lipinski definition) is 5. The molecule has 3 rings (SSSR count). The second-order valence-corrected chi connectivity index (χ2v) is 10.5. The van der Waals surface area contributed by atoms with E-state index in [0.29, 0.717) is 38.0 Å². The fourth-order valence-electron chi connectivity index (χ4n) is 5.63. The van der Waals surface area contributed by atoms with Crippen molar-refractivity contribution < 1.29 is 33.3 Å². The molecule has 3 amide bonds. The third-order valence-corrected chi connectivity index (χ3v) is 7.72. The zero-order valence-electron chi connectivity index (χ0n) is 22.4. The highest BCUT2D eigenvalue weighted by atomic mass is 19.1. The number of aliphatic hydroxyl groups is 1. The van der Waals surface area contributed by atoms with Gasteiger partial charge in [0.05, 0.1) is 24.9 Å². The average Bonchev–Trinajstić information content (AvgIpc) is 2.90. The van der Waals surface area contributed by atoms with Crippen molar-refractivity contribution in [3.8, 4) is 0 Å². The van der Waals surface area contributed by atoms with Gasteiger partial charge in [0.25, 0.3) is 0 Å². The number of piperidine rings is 1. The molecule has 1 saturated heterocycles. The molecule has 1 aromatic rings. The lowest BCUT2D eigenvalue weighted by molar-refractivity contribution is -0.0164. The van der Waals surface area contributed by atoms with Crippen LogP contribution < -0.4 is 10.6 Å². The maximum absolute atomic E-state index is 14.1. The fourth-order valence-corrected chi connectivity index (χ4v) is 5.63. The van der Waals surface area contributed by atoms with Crippen LogP contribution in [-0.2, 0) is 4.74 Å². The van der Waals surface area contributed by atoms with Crippen LogP contribution in [0.25, 0.3) is 0 Å². The standard InChI is InChI=1S/C27H42F2N4O5/c1-30-16-23(24(34)18-7-4-3-5-8-18)31-26(35)33-10-6-9-19(17-33)25(38-12-11-32(2)27(36)37)20-13-21(28)15-22(29)14-20/h13-15,18-19,23-25,30,34H,3-12,16-17H2,1-2H3,(H,31,35)(H,36,37)/t19-,23-,24-,25?/m1/s1. The van der Waals surface area contributed by atoms with Crippen LogP contribution in [0.5, 0.6) is 0 Å². The van der Waals surface area contributed by atoms with Crippen LogP contribution in [0, 0.1) is 23.5 Å². The van der Waals surface area contributed by atoms with Gasteiger partial charge in [-0.05, 0) is 56.3 Å². The minimum absolute atomic E-state index is 0.0338. The zero-order chi connectivity index (χ0) is 27.7. The van der Waals surface area contributed by atoms with E-state index < -0.39 is 36.0 Å². The number of halogens is 2. The van der Waals surface area contributed by atoms with Crippen molar-refractivity contribution in [3.63, 3.8) is 0 Å². The minimum atomic E-state index is -1.10. The van der Waals surface area contributed by atoms with Crippen molar-refractivity contribution in [1.82, 2.24) is 20.4 Å². The number of hydrogen-bond donors (Lipinski definition) is 4. The summed E-state index contributed by atoms with van der Waals surface area (Å²) in [6.07, 6.45) is 4.11. The number of ether oxygens (including phenoxy) is 1. The van der Waals surface area contributed by atoms with Crippen LogP contribution in [0.3, 0.4) is 0 Å². The van der Waals surface area contributed by atoms with E-state index in [0.717, 1.165) is 36.6 Å². The molecule has 2 fully saturated rings. The Morgan fingerprint density at radius 1 is 1.11 bits per heavy atom. The van der Waals surface area contributed by atoms with Gasteiger partial charge >= 0.3 is 12.1 Å². The zero-order valence-corrected chi connectivity index (χ0v) is 22.4. The number of amides is 3. The van der Waals surface area contributed by atoms with Gasteiger partial charge in [0.1, 0.15) is 11.6 Å². The number of likely N-dealkylation sites (tertiary alicyclic amines) is 1. The number of carbonyl (C=O) groups is 2. The van der Waals surface area contributed by atoms with E-state index in [1.54, 1.807) is 11.9 Å². The average molecular weight is 541 g/mol. The van der Waals surface area contributed by atoms with Crippen molar-refractivity contribution >= 4 is 12.1 Å². The maximum atomic E-state index is 14.1. The van der Waals surface area contributed by atoms with E-state index in [-0.39, 0.29) is 31.0 Å². The van der Waals surface area contributed by atoms with Crippen LogP contribution in [0.2, 0.25) is 0 Å². The van der Waals surface area contributed by atoms with Gasteiger partial charge < -0.3 is 35.4 Å². The molecule has 0 bridgehead atoms. The van der Waals surface area contributed by atoms with Crippen molar-refractivity contribution in [2.45, 2.75) is 63.2 Å². The Morgan fingerprint density at radius 2 is 1.76 bits per heavy atom. The summed E-state index contributed by atoms with van der Waals surface area (Å²) in [4.78, 5) is 27.2. The van der Waals surface area contributed by atoms with E-state index >= 15 is 0 Å². The summed E-state index contributed by atoms with van der Waals surface area (Å²) >= 11 is 0. The van der Waals surface area contributed by atoms with Crippen LogP contribution in [-0.4, -0.2) is 91.2 Å². The first-order valence-corrected chi connectivity index (χ1v) is 13.6. The first-order chi connectivity index (χ1) is 18.2. The molecule has 11 heteroatoms. The van der Waals surface area contributed by atoms with E-state index in [4.69, 9.17) is 9.84 Å². The van der Waals surface area contributed by atoms with Crippen LogP contribution in [0.15, 0.2) is 18.2 Å². The molecule has 9 nitrogen and oxygen atoms in total. The third kappa shape index (κ3) is 8.51. The highest BCUT2D eigenvalue weighted by molar-refractivity contribution is 5.74. The first-order valence-electron chi connectivity index (χ1n) is 13.6. The molecular formula is C27H42F2N4O5. The van der Waals surface area contributed by atoms with E-state index in [2.05, 4.69) is 10.6 Å². The molecule has 0 radical (unpaired) electrons. The number of urea groups is 1. The molecule has 0 spiro atoms. The molecule has 214 valence electrons. The molecule has 1 aliphatic carbocycles. The number of nitrogens with one attached hydrogen (secondary N) is 2. The molecule has 1 saturated carbocycles. The van der Waals surface area contributed by atoms with E-state index in [1.807, 2.05) is 0 Å². The van der Waals surface area contributed by atoms with Crippen LogP contribution in [0.4, 0.5) is 18.4 Å². The second-order valence-electron chi connectivity index (χ2n) is 10.5. The van der Waals surface area contributed by atoms with Gasteiger partial charge in [0, 0.05) is 45.2 Å². The largest absolute Gasteiger partial charge is 0.465 e. The minimum Gasteiger partial charge on any atom is -0.465 e. The lowest BCUT2D eigenvalue weighted by Crippen LogP contribution is -2.56.